The average Bonchev–Trinajstić information content (AvgIpc) is 3.38. The van der Waals surface area contributed by atoms with Crippen LogP contribution in [0.25, 0.3) is 22.4 Å². The molecule has 196 valence electrons. The van der Waals surface area contributed by atoms with Crippen molar-refractivity contribution in [3.63, 3.8) is 0 Å². The Morgan fingerprint density at radius 3 is 2.51 bits per heavy atom. The number of hydrogen-bond donors (Lipinski definition) is 3. The van der Waals surface area contributed by atoms with E-state index in [1.165, 1.54) is 43.5 Å². The number of amides is 1. The Balaban J connectivity index is 1.21. The number of rotatable bonds is 8. The first-order chi connectivity index (χ1) is 18.8. The maximum atomic E-state index is 12.7. The molecule has 0 saturated heterocycles. The largest absolute Gasteiger partial charge is 0.449 e. The molecule has 1 amide bonds. The third-order valence-electron chi connectivity index (χ3n) is 5.64. The summed E-state index contributed by atoms with van der Waals surface area (Å²) < 4.78 is 32.8. The Kier molecular flexibility index (Phi) is 7.02. The Hall–Kier alpha value is -5.10. The fourth-order valence-electron chi connectivity index (χ4n) is 3.64. The Morgan fingerprint density at radius 1 is 0.974 bits per heavy atom. The van der Waals surface area contributed by atoms with Gasteiger partial charge < -0.3 is 15.0 Å². The van der Waals surface area contributed by atoms with E-state index in [1.54, 1.807) is 48.8 Å². The summed E-state index contributed by atoms with van der Waals surface area (Å²) in [5, 5.41) is 2.61. The quantitative estimate of drug-likeness (QED) is 0.248. The highest BCUT2D eigenvalue weighted by Gasteiger charge is 2.21. The molecule has 0 aliphatic heterocycles. The van der Waals surface area contributed by atoms with E-state index in [2.05, 4.69) is 30.0 Å². The van der Waals surface area contributed by atoms with E-state index < -0.39 is 28.0 Å². The van der Waals surface area contributed by atoms with Gasteiger partial charge in [0.25, 0.3) is 15.9 Å². The molecule has 3 aromatic heterocycles. The summed E-state index contributed by atoms with van der Waals surface area (Å²) in [4.78, 5) is 41.0. The molecular weight excluding hydrogens is 520 g/mol. The number of nitrogens with zero attached hydrogens (tertiary/aromatic N) is 3. The summed E-state index contributed by atoms with van der Waals surface area (Å²) in [6.07, 6.45) is 3.70. The lowest BCUT2D eigenvalue weighted by atomic mass is 10.2. The van der Waals surface area contributed by atoms with E-state index in [4.69, 9.17) is 4.74 Å². The Labute approximate surface area is 223 Å². The number of aromatic amines is 1. The van der Waals surface area contributed by atoms with Crippen LogP contribution in [-0.2, 0) is 19.6 Å². The van der Waals surface area contributed by atoms with Gasteiger partial charge in [0.2, 0.25) is 0 Å². The summed E-state index contributed by atoms with van der Waals surface area (Å²) >= 11 is 0. The summed E-state index contributed by atoms with van der Waals surface area (Å²) in [7, 11) is -3.86. The van der Waals surface area contributed by atoms with Crippen molar-refractivity contribution in [1.29, 1.82) is 0 Å². The van der Waals surface area contributed by atoms with Crippen LogP contribution in [0.5, 0.6) is 0 Å². The van der Waals surface area contributed by atoms with Crippen molar-refractivity contribution < 1.29 is 22.7 Å². The van der Waals surface area contributed by atoms with Crippen LogP contribution >= 0.6 is 0 Å². The van der Waals surface area contributed by atoms with Gasteiger partial charge in [-0.25, -0.2) is 23.2 Å². The zero-order valence-electron chi connectivity index (χ0n) is 20.5. The number of ether oxygens (including phenoxy) is 1. The summed E-state index contributed by atoms with van der Waals surface area (Å²) in [5.41, 5.74) is 2.68. The molecule has 0 radical (unpaired) electrons. The van der Waals surface area contributed by atoms with E-state index in [0.717, 1.165) is 5.56 Å². The molecular formula is C27H22N6O5S. The molecule has 12 heteroatoms. The first kappa shape index (κ1) is 25.5. The summed E-state index contributed by atoms with van der Waals surface area (Å²) in [6.45, 7) is 1.44. The molecule has 1 atom stereocenters. The minimum Gasteiger partial charge on any atom is -0.449 e. The molecule has 0 aliphatic rings. The van der Waals surface area contributed by atoms with Gasteiger partial charge >= 0.3 is 5.97 Å². The Bertz CT molecular complexity index is 1740. The molecule has 0 bridgehead atoms. The molecule has 0 aliphatic carbocycles. The second kappa shape index (κ2) is 10.7. The number of benzene rings is 2. The maximum absolute atomic E-state index is 12.7. The van der Waals surface area contributed by atoms with Crippen molar-refractivity contribution in [1.82, 2.24) is 19.9 Å². The number of anilines is 2. The lowest BCUT2D eigenvalue weighted by Gasteiger charge is -2.14. The van der Waals surface area contributed by atoms with Crippen molar-refractivity contribution in [3.8, 4) is 11.4 Å². The van der Waals surface area contributed by atoms with Gasteiger partial charge in [-0.1, -0.05) is 6.07 Å². The molecule has 11 nitrogen and oxygen atoms in total. The van der Waals surface area contributed by atoms with Gasteiger partial charge in [0.15, 0.2) is 6.10 Å². The zero-order chi connectivity index (χ0) is 27.4. The Morgan fingerprint density at radius 2 is 1.79 bits per heavy atom. The van der Waals surface area contributed by atoms with Crippen LogP contribution in [0.1, 0.15) is 17.3 Å². The average molecular weight is 543 g/mol. The number of hydrogen-bond acceptors (Lipinski definition) is 8. The minimum absolute atomic E-state index is 0.00786. The number of fused-ring (bicyclic) bond motifs is 1. The lowest BCUT2D eigenvalue weighted by molar-refractivity contribution is -0.123. The first-order valence-electron chi connectivity index (χ1n) is 11.7. The standard InChI is InChI=1S/C27H22N6O5S/c1-17(26(34)30-20-8-10-21(11-9-20)39(36,37)33-24-6-2-3-14-29-24)38-27(35)18-7-12-22-23(15-18)32-25(31-22)19-5-4-13-28-16-19/h2-17H,1H3,(H,29,33)(H,30,34)(H,31,32). The molecule has 0 saturated carbocycles. The van der Waals surface area contributed by atoms with Gasteiger partial charge in [0.1, 0.15) is 11.6 Å². The molecule has 1 unspecified atom stereocenters. The lowest BCUT2D eigenvalue weighted by Crippen LogP contribution is -2.30. The van der Waals surface area contributed by atoms with Crippen LogP contribution in [0.3, 0.4) is 0 Å². The van der Waals surface area contributed by atoms with Crippen molar-refractivity contribution in [2.24, 2.45) is 0 Å². The third-order valence-corrected chi connectivity index (χ3v) is 7.01. The highest BCUT2D eigenvalue weighted by molar-refractivity contribution is 7.92. The van der Waals surface area contributed by atoms with Crippen molar-refractivity contribution in [2.75, 3.05) is 10.0 Å². The van der Waals surface area contributed by atoms with Gasteiger partial charge in [-0.3, -0.25) is 14.5 Å². The first-order valence-corrected chi connectivity index (χ1v) is 13.2. The molecule has 3 heterocycles. The van der Waals surface area contributed by atoms with Crippen LogP contribution in [0, 0.1) is 0 Å². The number of sulfonamides is 1. The molecule has 2 aromatic carbocycles. The molecule has 0 spiro atoms. The minimum atomic E-state index is -3.86. The predicted octanol–water partition coefficient (Wildman–Crippen LogP) is 4.00. The number of esters is 1. The topological polar surface area (TPSA) is 156 Å². The van der Waals surface area contributed by atoms with Gasteiger partial charge in [-0.05, 0) is 73.7 Å². The smallest absolute Gasteiger partial charge is 0.338 e. The van der Waals surface area contributed by atoms with E-state index in [1.807, 2.05) is 6.07 Å². The highest BCUT2D eigenvalue weighted by atomic mass is 32.2. The fraction of sp³-hybridized carbons (Fsp3) is 0.0741. The molecule has 5 rings (SSSR count). The van der Waals surface area contributed by atoms with Crippen LogP contribution in [0.2, 0.25) is 0 Å². The number of pyridine rings is 2. The van der Waals surface area contributed by atoms with Crippen LogP contribution in [0.15, 0.2) is 96.3 Å². The monoisotopic (exact) mass is 542 g/mol. The van der Waals surface area contributed by atoms with Crippen molar-refractivity contribution >= 4 is 44.4 Å². The summed E-state index contributed by atoms with van der Waals surface area (Å²) in [5.74, 6) is -0.458. The van der Waals surface area contributed by atoms with Crippen LogP contribution < -0.4 is 10.0 Å². The number of imidazole rings is 1. The predicted molar refractivity (Wildman–Crippen MR) is 144 cm³/mol. The van der Waals surface area contributed by atoms with E-state index in [0.29, 0.717) is 22.5 Å². The second-order valence-corrected chi connectivity index (χ2v) is 10.1. The highest BCUT2D eigenvalue weighted by Crippen LogP contribution is 2.22. The molecule has 3 N–H and O–H groups in total. The fourth-order valence-corrected chi connectivity index (χ4v) is 4.65. The second-order valence-electron chi connectivity index (χ2n) is 8.44. The van der Waals surface area contributed by atoms with E-state index in [-0.39, 0.29) is 16.3 Å². The van der Waals surface area contributed by atoms with Gasteiger partial charge in [-0.2, -0.15) is 0 Å². The van der Waals surface area contributed by atoms with Crippen LogP contribution in [-0.4, -0.2) is 46.3 Å². The van der Waals surface area contributed by atoms with Gasteiger partial charge in [0.05, 0.1) is 21.5 Å². The number of carbonyl (C=O) groups is 2. The van der Waals surface area contributed by atoms with Gasteiger partial charge in [-0.15, -0.1) is 0 Å². The third kappa shape index (κ3) is 5.91. The van der Waals surface area contributed by atoms with E-state index >= 15 is 0 Å². The van der Waals surface area contributed by atoms with Gasteiger partial charge in [0, 0.05) is 29.8 Å². The number of aromatic nitrogens is 4. The number of H-pyrrole nitrogens is 1. The molecule has 5 aromatic rings. The van der Waals surface area contributed by atoms with E-state index in [9.17, 15) is 18.0 Å². The maximum Gasteiger partial charge on any atom is 0.338 e. The molecule has 39 heavy (non-hydrogen) atoms. The van der Waals surface area contributed by atoms with Crippen molar-refractivity contribution in [2.45, 2.75) is 17.9 Å². The van der Waals surface area contributed by atoms with Crippen LogP contribution in [0.4, 0.5) is 11.5 Å². The SMILES string of the molecule is CC(OC(=O)c1ccc2nc(-c3cccnc3)[nH]c2c1)C(=O)Nc1ccc(S(=O)(=O)Nc2ccccn2)cc1. The molecule has 0 fully saturated rings. The summed E-state index contributed by atoms with van der Waals surface area (Å²) in [6, 6.07) is 18.9. The normalized spacial score (nSPS) is 12.0. The number of nitrogens with one attached hydrogen (secondary N) is 3. The van der Waals surface area contributed by atoms with Crippen molar-refractivity contribution in [3.05, 3.63) is 97.0 Å². The zero-order valence-corrected chi connectivity index (χ0v) is 21.3. The number of carbonyl (C=O) groups excluding carboxylic acids is 2.